The summed E-state index contributed by atoms with van der Waals surface area (Å²) in [4.78, 5) is 27.6. The van der Waals surface area contributed by atoms with Gasteiger partial charge < -0.3 is 4.74 Å². The first-order valence-electron chi connectivity index (χ1n) is 12.0. The van der Waals surface area contributed by atoms with Crippen molar-refractivity contribution in [2.75, 3.05) is 6.61 Å². The number of aromatic nitrogens is 4. The molecule has 5 aromatic rings. The number of nitrogens with zero attached hydrogens (tertiary/aromatic N) is 3. The molecule has 3 aromatic carbocycles. The molecule has 0 aliphatic heterocycles. The third-order valence-electron chi connectivity index (χ3n) is 6.51. The Morgan fingerprint density at radius 2 is 1.26 bits per heavy atom. The van der Waals surface area contributed by atoms with Gasteiger partial charge in [-0.25, -0.2) is 0 Å². The highest BCUT2D eigenvalue weighted by Crippen LogP contribution is 2.43. The Balaban J connectivity index is 1.86. The summed E-state index contributed by atoms with van der Waals surface area (Å²) in [5, 5.41) is 15.4. The Bertz CT molecular complexity index is 1690. The van der Waals surface area contributed by atoms with Crippen LogP contribution >= 0.6 is 31.9 Å². The van der Waals surface area contributed by atoms with Crippen molar-refractivity contribution >= 4 is 31.9 Å². The average Bonchev–Trinajstić information content (AvgIpc) is 3.40. The number of aryl methyl sites for hydroxylation is 2. The molecular formula is C29H23Br2N5O3. The quantitative estimate of drug-likeness (QED) is 0.237. The number of H-pyrrole nitrogens is 2. The first-order valence-corrected chi connectivity index (χ1v) is 13.6. The zero-order chi connectivity index (χ0) is 27.7. The number of aromatic amines is 2. The minimum absolute atomic E-state index is 0.132. The number of benzene rings is 3. The van der Waals surface area contributed by atoms with Crippen molar-refractivity contribution in [2.45, 2.75) is 5.92 Å². The fourth-order valence-corrected chi connectivity index (χ4v) is 6.23. The average molecular weight is 649 g/mol. The number of hydrogen-bond donors (Lipinski definition) is 2. The first-order chi connectivity index (χ1) is 18.8. The monoisotopic (exact) mass is 647 g/mol. The van der Waals surface area contributed by atoms with Crippen LogP contribution in [0.15, 0.2) is 91.3 Å². The van der Waals surface area contributed by atoms with Crippen molar-refractivity contribution < 1.29 is 4.74 Å². The van der Waals surface area contributed by atoms with Crippen molar-refractivity contribution in [1.29, 1.82) is 5.26 Å². The van der Waals surface area contributed by atoms with Gasteiger partial charge in [-0.2, -0.15) is 5.26 Å². The number of nitrogens with one attached hydrogen (secondary N) is 2. The minimum atomic E-state index is -0.761. The van der Waals surface area contributed by atoms with E-state index in [1.807, 2.05) is 78.9 Å². The summed E-state index contributed by atoms with van der Waals surface area (Å²) in [5.41, 5.74) is 3.91. The summed E-state index contributed by atoms with van der Waals surface area (Å²) in [5.74, 6) is -0.308. The molecule has 196 valence electrons. The van der Waals surface area contributed by atoms with Crippen LogP contribution in [0.2, 0.25) is 0 Å². The molecule has 0 unspecified atom stereocenters. The Morgan fingerprint density at radius 3 is 1.67 bits per heavy atom. The van der Waals surface area contributed by atoms with E-state index in [2.05, 4.69) is 42.1 Å². The third kappa shape index (κ3) is 4.91. The van der Waals surface area contributed by atoms with E-state index in [0.717, 1.165) is 11.1 Å². The van der Waals surface area contributed by atoms with Gasteiger partial charge in [-0.05, 0) is 60.7 Å². The normalized spacial score (nSPS) is 11.1. The molecule has 0 fully saturated rings. The fraction of sp³-hybridized carbons (Fsp3) is 0.138. The van der Waals surface area contributed by atoms with Crippen LogP contribution in [0.25, 0.3) is 22.5 Å². The summed E-state index contributed by atoms with van der Waals surface area (Å²) in [6.45, 7) is -0.132. The van der Waals surface area contributed by atoms with Crippen LogP contribution < -0.4 is 15.9 Å². The molecule has 10 heteroatoms. The Morgan fingerprint density at radius 1 is 0.821 bits per heavy atom. The van der Waals surface area contributed by atoms with E-state index in [1.165, 1.54) is 9.36 Å². The zero-order valence-corrected chi connectivity index (χ0v) is 24.2. The van der Waals surface area contributed by atoms with Gasteiger partial charge in [-0.1, -0.05) is 60.7 Å². The molecule has 0 bridgehead atoms. The maximum Gasteiger partial charge on any atom is 0.271 e. The minimum Gasteiger partial charge on any atom is -0.476 e. The fourth-order valence-electron chi connectivity index (χ4n) is 4.78. The molecule has 39 heavy (non-hydrogen) atoms. The molecule has 0 aliphatic carbocycles. The second kappa shape index (κ2) is 11.0. The van der Waals surface area contributed by atoms with Gasteiger partial charge in [0, 0.05) is 20.0 Å². The van der Waals surface area contributed by atoms with E-state index in [9.17, 15) is 9.59 Å². The molecule has 0 atom stereocenters. The number of rotatable bonds is 7. The smallest absolute Gasteiger partial charge is 0.271 e. The Labute approximate surface area is 240 Å². The number of hydrogen-bond acceptors (Lipinski definition) is 4. The van der Waals surface area contributed by atoms with Crippen LogP contribution in [-0.2, 0) is 14.1 Å². The summed E-state index contributed by atoms with van der Waals surface area (Å²) in [6, 6.07) is 24.7. The van der Waals surface area contributed by atoms with Gasteiger partial charge >= 0.3 is 0 Å². The summed E-state index contributed by atoms with van der Waals surface area (Å²) >= 11 is 7.14. The third-order valence-corrected chi connectivity index (χ3v) is 7.68. The maximum absolute atomic E-state index is 13.8. The highest BCUT2D eigenvalue weighted by Gasteiger charge is 2.33. The lowest BCUT2D eigenvalue weighted by Crippen LogP contribution is -2.24. The molecule has 2 heterocycles. The Kier molecular flexibility index (Phi) is 7.46. The number of nitriles is 1. The van der Waals surface area contributed by atoms with Crippen LogP contribution in [0.5, 0.6) is 5.75 Å². The van der Waals surface area contributed by atoms with Gasteiger partial charge in [0.25, 0.3) is 11.1 Å². The van der Waals surface area contributed by atoms with Crippen LogP contribution in [0.3, 0.4) is 0 Å². The van der Waals surface area contributed by atoms with Crippen molar-refractivity contribution in [3.05, 3.63) is 119 Å². The van der Waals surface area contributed by atoms with Crippen molar-refractivity contribution in [1.82, 2.24) is 19.6 Å². The number of ether oxygens (including phenoxy) is 1. The van der Waals surface area contributed by atoms with Crippen molar-refractivity contribution in [2.24, 2.45) is 14.1 Å². The summed E-state index contributed by atoms with van der Waals surface area (Å²) < 4.78 is 9.62. The van der Waals surface area contributed by atoms with Crippen LogP contribution in [0.4, 0.5) is 0 Å². The predicted octanol–water partition coefficient (Wildman–Crippen LogP) is 5.68. The lowest BCUT2D eigenvalue weighted by Gasteiger charge is -2.20. The summed E-state index contributed by atoms with van der Waals surface area (Å²) in [7, 11) is 3.32. The molecule has 0 saturated heterocycles. The van der Waals surface area contributed by atoms with E-state index in [1.54, 1.807) is 14.1 Å². The topological polar surface area (TPSA) is 109 Å². The van der Waals surface area contributed by atoms with E-state index in [4.69, 9.17) is 10.00 Å². The van der Waals surface area contributed by atoms with E-state index >= 15 is 0 Å². The lowest BCUT2D eigenvalue weighted by molar-refractivity contribution is 0.363. The molecule has 0 radical (unpaired) electrons. The molecule has 5 rings (SSSR count). The summed E-state index contributed by atoms with van der Waals surface area (Å²) in [6.07, 6.45) is 0. The second-order valence-corrected chi connectivity index (χ2v) is 10.7. The van der Waals surface area contributed by atoms with Crippen molar-refractivity contribution in [3.63, 3.8) is 0 Å². The SMILES string of the molecule is Cn1[nH]c(-c2ccccc2)c(C(c2cc(Br)c(OCC#N)c(Br)c2)c2c(-c3ccccc3)[nH]n(C)c2=O)c1=O. The molecule has 0 aliphatic rings. The molecule has 2 aromatic heterocycles. The van der Waals surface area contributed by atoms with Gasteiger partial charge in [0.05, 0.1) is 31.5 Å². The largest absolute Gasteiger partial charge is 0.476 e. The van der Waals surface area contributed by atoms with E-state index in [0.29, 0.717) is 42.8 Å². The molecule has 2 N–H and O–H groups in total. The second-order valence-electron chi connectivity index (χ2n) is 8.95. The lowest BCUT2D eigenvalue weighted by atomic mass is 9.83. The van der Waals surface area contributed by atoms with Gasteiger partial charge in [0.2, 0.25) is 0 Å². The highest BCUT2D eigenvalue weighted by molar-refractivity contribution is 9.11. The molecule has 0 spiro atoms. The predicted molar refractivity (Wildman–Crippen MR) is 157 cm³/mol. The van der Waals surface area contributed by atoms with Gasteiger partial charge in [-0.15, -0.1) is 0 Å². The number of halogens is 2. The highest BCUT2D eigenvalue weighted by atomic mass is 79.9. The standard InChI is InChI=1S/C29H23Br2N5O3/c1-35-28(37)23(25(33-35)17-9-5-3-6-10-17)22(19-15-20(30)27(21(31)16-19)39-14-13-32)24-26(34-36(2)29(24)38)18-11-7-4-8-12-18/h3-12,15-16,22,33-34H,14H2,1-2H3. The maximum atomic E-state index is 13.8. The van der Waals surface area contributed by atoms with Crippen LogP contribution in [-0.4, -0.2) is 26.2 Å². The molecule has 8 nitrogen and oxygen atoms in total. The first kappa shape index (κ1) is 26.5. The van der Waals surface area contributed by atoms with Crippen LogP contribution in [0, 0.1) is 11.3 Å². The zero-order valence-electron chi connectivity index (χ0n) is 21.0. The molecule has 0 amide bonds. The van der Waals surface area contributed by atoms with Gasteiger partial charge in [0.15, 0.2) is 6.61 Å². The molecule has 0 saturated carbocycles. The van der Waals surface area contributed by atoms with Gasteiger partial charge in [-0.3, -0.25) is 29.2 Å². The van der Waals surface area contributed by atoms with E-state index < -0.39 is 5.92 Å². The Hall–Kier alpha value is -4.07. The van der Waals surface area contributed by atoms with Gasteiger partial charge in [0.1, 0.15) is 11.8 Å². The van der Waals surface area contributed by atoms with Crippen LogP contribution in [0.1, 0.15) is 22.6 Å². The van der Waals surface area contributed by atoms with E-state index in [-0.39, 0.29) is 17.7 Å². The van der Waals surface area contributed by atoms with Crippen molar-refractivity contribution in [3.8, 4) is 34.3 Å². The molecular weight excluding hydrogens is 626 g/mol.